The lowest BCUT2D eigenvalue weighted by atomic mass is 10.1. The normalized spacial score (nSPS) is 16.8. The second kappa shape index (κ2) is 7.61. The van der Waals surface area contributed by atoms with Gasteiger partial charge in [0.05, 0.1) is 13.0 Å². The van der Waals surface area contributed by atoms with Crippen LogP contribution < -0.4 is 15.0 Å². The van der Waals surface area contributed by atoms with E-state index in [9.17, 15) is 9.59 Å². The summed E-state index contributed by atoms with van der Waals surface area (Å²) in [6.07, 6.45) is 2.21. The second-order valence-electron chi connectivity index (χ2n) is 5.82. The number of carbonyl (C=O) groups excluding carboxylic acids is 2. The number of benzene rings is 2. The summed E-state index contributed by atoms with van der Waals surface area (Å²) in [5.41, 5.74) is 1.54. The summed E-state index contributed by atoms with van der Waals surface area (Å²) < 4.78 is 5.13. The number of anilines is 2. The molecule has 2 amide bonds. The molecule has 1 fully saturated rings. The van der Waals surface area contributed by atoms with E-state index in [1.165, 1.54) is 0 Å². The van der Waals surface area contributed by atoms with Crippen LogP contribution in [0.3, 0.4) is 0 Å². The molecular weight excluding hydrogens is 336 g/mol. The Bertz CT molecular complexity index is 776. The molecule has 0 aromatic heterocycles. The van der Waals surface area contributed by atoms with E-state index in [1.807, 2.05) is 54.8 Å². The van der Waals surface area contributed by atoms with Crippen LogP contribution in [-0.2, 0) is 9.59 Å². The molecule has 25 heavy (non-hydrogen) atoms. The minimum atomic E-state index is -0.354. The van der Waals surface area contributed by atoms with Gasteiger partial charge in [-0.15, -0.1) is 11.8 Å². The van der Waals surface area contributed by atoms with Crippen LogP contribution in [0.5, 0.6) is 5.75 Å². The van der Waals surface area contributed by atoms with E-state index in [-0.39, 0.29) is 24.2 Å². The smallest absolute Gasteiger partial charge is 0.229 e. The maximum absolute atomic E-state index is 12.5. The summed E-state index contributed by atoms with van der Waals surface area (Å²) in [6, 6.07) is 15.0. The quantitative estimate of drug-likeness (QED) is 0.834. The lowest BCUT2D eigenvalue weighted by Crippen LogP contribution is -2.28. The van der Waals surface area contributed by atoms with Crippen molar-refractivity contribution in [2.24, 2.45) is 5.92 Å². The molecule has 1 aliphatic rings. The number of hydrogen-bond acceptors (Lipinski definition) is 4. The number of nitrogens with one attached hydrogen (secondary N) is 1. The van der Waals surface area contributed by atoms with Crippen molar-refractivity contribution in [1.82, 2.24) is 0 Å². The van der Waals surface area contributed by atoms with Crippen molar-refractivity contribution >= 4 is 35.0 Å². The average molecular weight is 356 g/mol. The van der Waals surface area contributed by atoms with Crippen LogP contribution >= 0.6 is 11.8 Å². The van der Waals surface area contributed by atoms with Gasteiger partial charge in [0.1, 0.15) is 5.75 Å². The highest BCUT2D eigenvalue weighted by molar-refractivity contribution is 7.98. The Hall–Kier alpha value is -2.47. The SMILES string of the molecule is COc1ccc(N2CC(C(=O)Nc3cccc(SC)c3)CC2=O)cc1. The van der Waals surface area contributed by atoms with Gasteiger partial charge < -0.3 is 15.0 Å². The molecular formula is C19H20N2O3S. The number of thioether (sulfide) groups is 1. The summed E-state index contributed by atoms with van der Waals surface area (Å²) in [5.74, 6) is 0.219. The summed E-state index contributed by atoms with van der Waals surface area (Å²) in [4.78, 5) is 27.6. The van der Waals surface area contributed by atoms with Crippen LogP contribution in [-0.4, -0.2) is 31.7 Å². The van der Waals surface area contributed by atoms with Crippen LogP contribution in [0.25, 0.3) is 0 Å². The monoisotopic (exact) mass is 356 g/mol. The van der Waals surface area contributed by atoms with Crippen molar-refractivity contribution in [3.63, 3.8) is 0 Å². The Morgan fingerprint density at radius 3 is 2.68 bits per heavy atom. The molecule has 0 radical (unpaired) electrons. The van der Waals surface area contributed by atoms with E-state index in [4.69, 9.17) is 4.74 Å². The zero-order valence-corrected chi connectivity index (χ0v) is 15.0. The van der Waals surface area contributed by atoms with E-state index in [2.05, 4.69) is 5.32 Å². The van der Waals surface area contributed by atoms with Gasteiger partial charge in [0.25, 0.3) is 0 Å². The first-order valence-corrected chi connectivity index (χ1v) is 9.22. The van der Waals surface area contributed by atoms with Crippen LogP contribution in [0.4, 0.5) is 11.4 Å². The average Bonchev–Trinajstić information content (AvgIpc) is 3.04. The molecule has 1 saturated heterocycles. The first-order valence-electron chi connectivity index (χ1n) is 8.00. The standard InChI is InChI=1S/C19H20N2O3S/c1-24-16-8-6-15(7-9-16)21-12-13(10-18(21)22)19(23)20-14-4-3-5-17(11-14)25-2/h3-9,11,13H,10,12H2,1-2H3,(H,20,23). The predicted octanol–water partition coefficient (Wildman–Crippen LogP) is 3.41. The fourth-order valence-electron chi connectivity index (χ4n) is 2.84. The molecule has 5 nitrogen and oxygen atoms in total. The van der Waals surface area contributed by atoms with E-state index in [0.717, 1.165) is 22.0 Å². The molecule has 0 bridgehead atoms. The largest absolute Gasteiger partial charge is 0.497 e. The lowest BCUT2D eigenvalue weighted by Gasteiger charge is -2.17. The minimum Gasteiger partial charge on any atom is -0.497 e. The maximum atomic E-state index is 12.5. The fourth-order valence-corrected chi connectivity index (χ4v) is 3.30. The van der Waals surface area contributed by atoms with Crippen molar-refractivity contribution < 1.29 is 14.3 Å². The molecule has 0 aliphatic carbocycles. The van der Waals surface area contributed by atoms with Gasteiger partial charge >= 0.3 is 0 Å². The molecule has 3 rings (SSSR count). The molecule has 130 valence electrons. The van der Waals surface area contributed by atoms with Gasteiger partial charge in [-0.05, 0) is 48.7 Å². The minimum absolute atomic E-state index is 0.0387. The molecule has 1 heterocycles. The Balaban J connectivity index is 1.67. The molecule has 1 atom stereocenters. The third-order valence-corrected chi connectivity index (χ3v) is 4.94. The molecule has 2 aromatic carbocycles. The van der Waals surface area contributed by atoms with E-state index < -0.39 is 0 Å². The van der Waals surface area contributed by atoms with E-state index in [1.54, 1.807) is 23.8 Å². The van der Waals surface area contributed by atoms with E-state index in [0.29, 0.717) is 6.54 Å². The Kier molecular flexibility index (Phi) is 5.28. The van der Waals surface area contributed by atoms with Crippen molar-refractivity contribution in [3.05, 3.63) is 48.5 Å². The van der Waals surface area contributed by atoms with Crippen molar-refractivity contribution in [2.45, 2.75) is 11.3 Å². The molecule has 1 unspecified atom stereocenters. The van der Waals surface area contributed by atoms with Gasteiger partial charge in [0, 0.05) is 29.2 Å². The van der Waals surface area contributed by atoms with Crippen LogP contribution in [0.2, 0.25) is 0 Å². The third-order valence-electron chi connectivity index (χ3n) is 4.22. The molecule has 0 spiro atoms. The zero-order valence-electron chi connectivity index (χ0n) is 14.2. The predicted molar refractivity (Wildman–Crippen MR) is 100 cm³/mol. The Labute approximate surface area is 151 Å². The number of carbonyl (C=O) groups is 2. The fraction of sp³-hybridized carbons (Fsp3) is 0.263. The lowest BCUT2D eigenvalue weighted by molar-refractivity contribution is -0.122. The highest BCUT2D eigenvalue weighted by Gasteiger charge is 2.35. The first-order chi connectivity index (χ1) is 12.1. The molecule has 0 saturated carbocycles. The third kappa shape index (κ3) is 3.96. The highest BCUT2D eigenvalue weighted by Crippen LogP contribution is 2.28. The summed E-state index contributed by atoms with van der Waals surface area (Å²) in [6.45, 7) is 0.388. The highest BCUT2D eigenvalue weighted by atomic mass is 32.2. The number of nitrogens with zero attached hydrogens (tertiary/aromatic N) is 1. The van der Waals surface area contributed by atoms with E-state index >= 15 is 0 Å². The van der Waals surface area contributed by atoms with Crippen LogP contribution in [0.1, 0.15) is 6.42 Å². The van der Waals surface area contributed by atoms with Gasteiger partial charge in [0.15, 0.2) is 0 Å². The Morgan fingerprint density at radius 1 is 1.24 bits per heavy atom. The molecule has 2 aromatic rings. The number of methoxy groups -OCH3 is 1. The number of ether oxygens (including phenoxy) is 1. The van der Waals surface area contributed by atoms with Gasteiger partial charge in [-0.25, -0.2) is 0 Å². The maximum Gasteiger partial charge on any atom is 0.229 e. The van der Waals surface area contributed by atoms with Crippen molar-refractivity contribution in [1.29, 1.82) is 0 Å². The molecule has 1 aliphatic heterocycles. The summed E-state index contributed by atoms with van der Waals surface area (Å²) in [5, 5.41) is 2.92. The Morgan fingerprint density at radius 2 is 2.00 bits per heavy atom. The summed E-state index contributed by atoms with van der Waals surface area (Å²) >= 11 is 1.62. The van der Waals surface area contributed by atoms with Crippen molar-refractivity contribution in [2.75, 3.05) is 30.1 Å². The van der Waals surface area contributed by atoms with Crippen LogP contribution in [0, 0.1) is 5.92 Å². The van der Waals surface area contributed by atoms with Gasteiger partial charge in [-0.1, -0.05) is 6.07 Å². The zero-order chi connectivity index (χ0) is 17.8. The molecule has 6 heteroatoms. The second-order valence-corrected chi connectivity index (χ2v) is 6.70. The van der Waals surface area contributed by atoms with Crippen molar-refractivity contribution in [3.8, 4) is 5.75 Å². The number of rotatable bonds is 5. The number of hydrogen-bond donors (Lipinski definition) is 1. The van der Waals surface area contributed by atoms with Gasteiger partial charge in [-0.3, -0.25) is 9.59 Å². The summed E-state index contributed by atoms with van der Waals surface area (Å²) in [7, 11) is 1.60. The van der Waals surface area contributed by atoms with Gasteiger partial charge in [0.2, 0.25) is 11.8 Å². The topological polar surface area (TPSA) is 58.6 Å². The first kappa shape index (κ1) is 17.4. The number of amides is 2. The van der Waals surface area contributed by atoms with Gasteiger partial charge in [-0.2, -0.15) is 0 Å². The molecule has 1 N–H and O–H groups in total. The van der Waals surface area contributed by atoms with Crippen LogP contribution in [0.15, 0.2) is 53.4 Å².